The maximum atomic E-state index is 13.8. The van der Waals surface area contributed by atoms with E-state index in [1.807, 2.05) is 0 Å². The normalized spacial score (nSPS) is 27.6. The summed E-state index contributed by atoms with van der Waals surface area (Å²) in [5.41, 5.74) is -3.87. The summed E-state index contributed by atoms with van der Waals surface area (Å²) in [7, 11) is 2.89. The van der Waals surface area contributed by atoms with Gasteiger partial charge in [0.15, 0.2) is 17.9 Å². The van der Waals surface area contributed by atoms with Crippen LogP contribution in [0.1, 0.15) is 68.8 Å². The van der Waals surface area contributed by atoms with Gasteiger partial charge in [-0.2, -0.15) is 0 Å². The van der Waals surface area contributed by atoms with Gasteiger partial charge in [-0.1, -0.05) is 12.1 Å². The Bertz CT molecular complexity index is 1540. The van der Waals surface area contributed by atoms with Gasteiger partial charge in [0, 0.05) is 36.0 Å². The lowest BCUT2D eigenvalue weighted by Crippen LogP contribution is -2.56. The Kier molecular flexibility index (Phi) is 8.50. The number of carbonyl (C=O) groups excluding carboxylic acids is 4. The predicted molar refractivity (Wildman–Crippen MR) is 150 cm³/mol. The summed E-state index contributed by atoms with van der Waals surface area (Å²) in [4.78, 5) is 52.4. The number of phenolic OH excluding ortho intramolecular Hbond substituents is 2. The second kappa shape index (κ2) is 11.9. The molecule has 1 amide bonds. The average Bonchev–Trinajstić information content (AvgIpc) is 2.99. The maximum Gasteiger partial charge on any atom is 0.234 e. The van der Waals surface area contributed by atoms with Crippen molar-refractivity contribution >= 4 is 23.3 Å². The third kappa shape index (κ3) is 5.12. The van der Waals surface area contributed by atoms with Crippen LogP contribution in [0.15, 0.2) is 18.2 Å². The Morgan fingerprint density at radius 2 is 1.82 bits per heavy atom. The van der Waals surface area contributed by atoms with Gasteiger partial charge in [-0.25, -0.2) is 0 Å². The number of hydrogen-bond donors (Lipinski definition) is 7. The second-order valence-electron chi connectivity index (χ2n) is 11.2. The topological polar surface area (TPSA) is 221 Å². The van der Waals surface area contributed by atoms with Gasteiger partial charge in [0.05, 0.1) is 48.6 Å². The molecule has 3 aliphatic rings. The molecule has 1 saturated heterocycles. The summed E-state index contributed by atoms with van der Waals surface area (Å²) in [5, 5.41) is 60.1. The standard InChI is InChI=1S/C30H34N2O12/c1-12-25(36)15(32-19(35)10-31-2)7-20(43-12)44-17-9-30(41,18(34)11-33)8-14-22(17)29(40)24-23(27(14)38)26(37)13-5-4-6-16(42-3)21(13)28(24)39/h4-6,12,15,17,20,25,31,33,36,38,40-41H,7-11H2,1-3H3,(H,32,35). The molecule has 14 nitrogen and oxygen atoms in total. The van der Waals surface area contributed by atoms with E-state index in [0.29, 0.717) is 0 Å². The summed E-state index contributed by atoms with van der Waals surface area (Å²) in [5.74, 6) is -4.35. The highest BCUT2D eigenvalue weighted by Crippen LogP contribution is 2.52. The lowest BCUT2D eigenvalue weighted by atomic mass is 9.72. The summed E-state index contributed by atoms with van der Waals surface area (Å²) in [6, 6.07) is 3.51. The van der Waals surface area contributed by atoms with Gasteiger partial charge in [0.2, 0.25) is 11.7 Å². The fourth-order valence-corrected chi connectivity index (χ4v) is 6.28. The third-order valence-corrected chi connectivity index (χ3v) is 8.44. The minimum Gasteiger partial charge on any atom is -0.507 e. The molecule has 7 N–H and O–H groups in total. The quantitative estimate of drug-likeness (QED) is 0.157. The molecule has 236 valence electrons. The van der Waals surface area contributed by atoms with Crippen LogP contribution in [-0.4, -0.2) is 106 Å². The van der Waals surface area contributed by atoms with Crippen molar-refractivity contribution < 1.29 is 58.9 Å². The van der Waals surface area contributed by atoms with Crippen LogP contribution in [0.4, 0.5) is 0 Å². The number of amides is 1. The fourth-order valence-electron chi connectivity index (χ4n) is 6.28. The highest BCUT2D eigenvalue weighted by molar-refractivity contribution is 6.31. The molecular weight excluding hydrogens is 580 g/mol. The highest BCUT2D eigenvalue weighted by atomic mass is 16.7. The first-order valence-electron chi connectivity index (χ1n) is 14.0. The lowest BCUT2D eigenvalue weighted by Gasteiger charge is -2.43. The zero-order valence-electron chi connectivity index (χ0n) is 24.2. The number of likely N-dealkylation sites (N-methyl/N-ethyl adjacent to an activating group) is 1. The van der Waals surface area contributed by atoms with Crippen molar-refractivity contribution in [1.29, 1.82) is 0 Å². The molecule has 14 heteroatoms. The van der Waals surface area contributed by atoms with Crippen molar-refractivity contribution in [2.24, 2.45) is 0 Å². The van der Waals surface area contributed by atoms with Gasteiger partial charge in [-0.05, 0) is 20.0 Å². The Labute approximate surface area is 251 Å². The van der Waals surface area contributed by atoms with Crippen LogP contribution in [0.25, 0.3) is 0 Å². The average molecular weight is 615 g/mol. The summed E-state index contributed by atoms with van der Waals surface area (Å²) >= 11 is 0. The van der Waals surface area contributed by atoms with Gasteiger partial charge in [-0.15, -0.1) is 0 Å². The maximum absolute atomic E-state index is 13.8. The molecule has 6 unspecified atom stereocenters. The number of Topliss-reactive ketones (excluding diaryl/α,β-unsaturated/α-hetero) is 1. The first kappa shape index (κ1) is 31.5. The van der Waals surface area contributed by atoms with Gasteiger partial charge in [-0.3, -0.25) is 19.2 Å². The van der Waals surface area contributed by atoms with E-state index in [4.69, 9.17) is 14.2 Å². The molecule has 0 radical (unpaired) electrons. The molecule has 1 heterocycles. The molecule has 0 spiro atoms. The second-order valence-corrected chi connectivity index (χ2v) is 11.2. The molecular formula is C30H34N2O12. The van der Waals surface area contributed by atoms with Gasteiger partial charge in [0.25, 0.3) is 0 Å². The number of benzene rings is 2. The summed E-state index contributed by atoms with van der Waals surface area (Å²) in [6.07, 6.45) is -5.76. The van der Waals surface area contributed by atoms with Crippen LogP contribution >= 0.6 is 0 Å². The molecule has 5 rings (SSSR count). The molecule has 0 saturated carbocycles. The van der Waals surface area contributed by atoms with Gasteiger partial charge >= 0.3 is 0 Å². The molecule has 0 aromatic heterocycles. The molecule has 2 aromatic rings. The van der Waals surface area contributed by atoms with Crippen molar-refractivity contribution in [2.75, 3.05) is 27.3 Å². The molecule has 0 bridgehead atoms. The number of aliphatic hydroxyl groups is 3. The molecule has 2 aromatic carbocycles. The van der Waals surface area contributed by atoms with Crippen molar-refractivity contribution in [2.45, 2.75) is 62.4 Å². The van der Waals surface area contributed by atoms with Crippen LogP contribution in [0.3, 0.4) is 0 Å². The first-order chi connectivity index (χ1) is 20.9. The zero-order chi connectivity index (χ0) is 32.1. The summed E-state index contributed by atoms with van der Waals surface area (Å²) < 4.78 is 17.2. The molecule has 1 aliphatic heterocycles. The van der Waals surface area contributed by atoms with Gasteiger partial charge in [0.1, 0.15) is 35.6 Å². The third-order valence-electron chi connectivity index (χ3n) is 8.44. The smallest absolute Gasteiger partial charge is 0.234 e. The van der Waals surface area contributed by atoms with Crippen molar-refractivity contribution in [3.8, 4) is 17.2 Å². The van der Waals surface area contributed by atoms with Crippen LogP contribution in [0.5, 0.6) is 17.2 Å². The minimum atomic E-state index is -2.30. The number of ketones is 3. The van der Waals surface area contributed by atoms with E-state index in [0.717, 1.165) is 0 Å². The van der Waals surface area contributed by atoms with Crippen molar-refractivity contribution in [1.82, 2.24) is 10.6 Å². The Hall–Kier alpha value is -3.92. The van der Waals surface area contributed by atoms with Crippen LogP contribution in [0.2, 0.25) is 0 Å². The number of hydrogen-bond acceptors (Lipinski definition) is 13. The van der Waals surface area contributed by atoms with E-state index in [1.54, 1.807) is 14.0 Å². The van der Waals surface area contributed by atoms with E-state index in [2.05, 4.69) is 10.6 Å². The fraction of sp³-hybridized carbons (Fsp3) is 0.467. The highest BCUT2D eigenvalue weighted by Gasteiger charge is 2.50. The SMILES string of the molecule is CNCC(=O)NC1CC(OC2CC(O)(C(=O)CO)Cc3c(O)c4c(c(O)c32)C(=O)c2c(OC)cccc2C4=O)OC(C)C1O. The molecule has 1 fully saturated rings. The Morgan fingerprint density at radius 3 is 2.48 bits per heavy atom. The number of ether oxygens (including phenoxy) is 3. The van der Waals surface area contributed by atoms with E-state index < -0.39 is 102 Å². The van der Waals surface area contributed by atoms with Crippen LogP contribution < -0.4 is 15.4 Å². The van der Waals surface area contributed by atoms with E-state index >= 15 is 0 Å². The number of rotatable bonds is 8. The predicted octanol–water partition coefficient (Wildman–Crippen LogP) is -0.622. The monoisotopic (exact) mass is 614 g/mol. The number of methoxy groups -OCH3 is 1. The van der Waals surface area contributed by atoms with E-state index in [1.165, 1.54) is 25.3 Å². The number of aliphatic hydroxyl groups excluding tert-OH is 2. The van der Waals surface area contributed by atoms with Gasteiger partial charge < -0.3 is 50.4 Å². The minimum absolute atomic E-state index is 0.0186. The molecule has 2 aliphatic carbocycles. The first-order valence-corrected chi connectivity index (χ1v) is 14.0. The number of nitrogens with one attached hydrogen (secondary N) is 2. The van der Waals surface area contributed by atoms with Crippen molar-refractivity contribution in [3.63, 3.8) is 0 Å². The number of carbonyl (C=O) groups is 4. The Morgan fingerprint density at radius 1 is 1.11 bits per heavy atom. The van der Waals surface area contributed by atoms with Crippen LogP contribution in [-0.2, 0) is 25.5 Å². The van der Waals surface area contributed by atoms with E-state index in [9.17, 15) is 44.7 Å². The number of aromatic hydroxyl groups is 2. The van der Waals surface area contributed by atoms with Crippen molar-refractivity contribution in [3.05, 3.63) is 51.6 Å². The molecule has 44 heavy (non-hydrogen) atoms. The zero-order valence-corrected chi connectivity index (χ0v) is 24.2. The summed E-state index contributed by atoms with van der Waals surface area (Å²) in [6.45, 7) is 0.478. The largest absolute Gasteiger partial charge is 0.507 e. The number of fused-ring (bicyclic) bond motifs is 3. The van der Waals surface area contributed by atoms with E-state index in [-0.39, 0.29) is 41.0 Å². The molecule has 6 atom stereocenters. The Balaban J connectivity index is 1.61. The lowest BCUT2D eigenvalue weighted by molar-refractivity contribution is -0.249. The number of phenols is 2. The van der Waals surface area contributed by atoms with Crippen LogP contribution in [0, 0.1) is 0 Å².